The Hall–Kier alpha value is -8.74. The molecule has 65 heavy (non-hydrogen) atoms. The van der Waals surface area contributed by atoms with Gasteiger partial charge in [0.05, 0.1) is 11.0 Å². The zero-order chi connectivity index (χ0) is 43.0. The Bertz CT molecular complexity index is 3780. The van der Waals surface area contributed by atoms with Crippen molar-refractivity contribution >= 4 is 83.0 Å². The van der Waals surface area contributed by atoms with E-state index < -0.39 is 0 Å². The maximum Gasteiger partial charge on any atom is 0.227 e. The third kappa shape index (κ3) is 6.03. The molecule has 0 amide bonds. The van der Waals surface area contributed by atoms with Crippen LogP contribution >= 0.6 is 0 Å². The smallest absolute Gasteiger partial charge is 0.227 e. The van der Waals surface area contributed by atoms with Crippen LogP contribution < -0.4 is 4.90 Å². The topological polar surface area (TPSA) is 60.2 Å². The quantitative estimate of drug-likeness (QED) is 0.160. The molecule has 0 atom stereocenters. The summed E-state index contributed by atoms with van der Waals surface area (Å²) in [5, 5.41) is 6.53. The van der Waals surface area contributed by atoms with E-state index in [-0.39, 0.29) is 0 Å². The average Bonchev–Trinajstić information content (AvgIpc) is 4.04. The Morgan fingerprint density at radius 2 is 0.908 bits per heavy atom. The SMILES string of the molecule is Cc1c(-c2ccc3c(c2)oc2ncccc23)cc(-c2ccc(-n3c4ccccc4c4cc(N(c5ccccc5)c5ccccc5)ccc43)cc2)cc1-c1ccc2c(c1)oc1ncccc12. The van der Waals surface area contributed by atoms with Crippen molar-refractivity contribution < 1.29 is 8.83 Å². The fourth-order valence-corrected chi connectivity index (χ4v) is 9.82. The van der Waals surface area contributed by atoms with E-state index in [9.17, 15) is 0 Å². The zero-order valence-electron chi connectivity index (χ0n) is 35.3. The standard InChI is InChI=1S/C59H38N4O2/c1-37-51(39-22-27-47-49-17-10-30-60-58(49)64-56(47)34-39)32-41(33-52(37)40-23-28-48-50-18-11-31-61-59(50)65-57(48)35-40)38-20-24-44(25-21-38)63-54-19-9-8-16-46(54)53-36-45(26-29-55(53)63)62(42-12-4-2-5-13-42)43-14-6-3-7-15-43/h2-36H,1H3. The van der Waals surface area contributed by atoms with Crippen molar-refractivity contribution in [2.45, 2.75) is 6.92 Å². The minimum absolute atomic E-state index is 0.643. The molecule has 0 aliphatic carbocycles. The van der Waals surface area contributed by atoms with Gasteiger partial charge in [-0.1, -0.05) is 78.9 Å². The summed E-state index contributed by atoms with van der Waals surface area (Å²) in [6.45, 7) is 2.21. The summed E-state index contributed by atoms with van der Waals surface area (Å²) in [5.74, 6) is 0. The lowest BCUT2D eigenvalue weighted by atomic mass is 9.88. The highest BCUT2D eigenvalue weighted by molar-refractivity contribution is 6.11. The third-order valence-corrected chi connectivity index (χ3v) is 12.9. The molecule has 0 saturated carbocycles. The molecule has 0 saturated heterocycles. The third-order valence-electron chi connectivity index (χ3n) is 12.9. The van der Waals surface area contributed by atoms with E-state index in [0.717, 1.165) is 105 Å². The minimum atomic E-state index is 0.643. The summed E-state index contributed by atoms with van der Waals surface area (Å²) in [6, 6.07) is 71.3. The molecule has 5 heterocycles. The van der Waals surface area contributed by atoms with E-state index in [0.29, 0.717) is 11.4 Å². The lowest BCUT2D eigenvalue weighted by Gasteiger charge is -2.25. The Labute approximate surface area is 373 Å². The van der Waals surface area contributed by atoms with Gasteiger partial charge in [-0.3, -0.25) is 0 Å². The van der Waals surface area contributed by atoms with E-state index in [1.54, 1.807) is 12.4 Å². The Kier molecular flexibility index (Phi) is 8.33. The van der Waals surface area contributed by atoms with E-state index in [1.165, 1.54) is 10.8 Å². The van der Waals surface area contributed by atoms with E-state index >= 15 is 0 Å². The number of nitrogens with zero attached hydrogens (tertiary/aromatic N) is 4. The maximum absolute atomic E-state index is 6.30. The number of hydrogen-bond acceptors (Lipinski definition) is 5. The molecule has 8 aromatic carbocycles. The summed E-state index contributed by atoms with van der Waals surface area (Å²) in [4.78, 5) is 11.3. The van der Waals surface area contributed by atoms with E-state index in [1.807, 2.05) is 12.1 Å². The molecule has 0 fully saturated rings. The van der Waals surface area contributed by atoms with Gasteiger partial charge in [-0.2, -0.15) is 0 Å². The normalized spacial score (nSPS) is 11.8. The number of hydrogen-bond donors (Lipinski definition) is 0. The van der Waals surface area contributed by atoms with Crippen molar-refractivity contribution in [3.05, 3.63) is 218 Å². The maximum atomic E-state index is 6.30. The fourth-order valence-electron chi connectivity index (χ4n) is 9.82. The van der Waals surface area contributed by atoms with Crippen LogP contribution in [0.25, 0.3) is 105 Å². The lowest BCUT2D eigenvalue weighted by Crippen LogP contribution is -2.09. The summed E-state index contributed by atoms with van der Waals surface area (Å²) in [5.41, 5.74) is 17.4. The number of fused-ring (bicyclic) bond motifs is 9. The van der Waals surface area contributed by atoms with Gasteiger partial charge in [-0.15, -0.1) is 0 Å². The molecular weight excluding hydrogens is 797 g/mol. The molecule has 0 unspecified atom stereocenters. The van der Waals surface area contributed by atoms with Crippen molar-refractivity contribution in [1.82, 2.24) is 14.5 Å². The molecule has 0 spiro atoms. The van der Waals surface area contributed by atoms with Crippen LogP contribution in [0.1, 0.15) is 5.56 Å². The average molecular weight is 835 g/mol. The number of aromatic nitrogens is 3. The molecular formula is C59H38N4O2. The number of para-hydroxylation sites is 3. The molecule has 0 bridgehead atoms. The fraction of sp³-hybridized carbons (Fsp3) is 0.0169. The second-order valence-electron chi connectivity index (χ2n) is 16.6. The Balaban J connectivity index is 0.945. The largest absolute Gasteiger partial charge is 0.438 e. The number of benzene rings is 8. The number of anilines is 3. The van der Waals surface area contributed by atoms with Crippen molar-refractivity contribution in [2.24, 2.45) is 0 Å². The molecule has 6 heteroatoms. The van der Waals surface area contributed by atoms with Crippen LogP contribution in [-0.2, 0) is 0 Å². The molecule has 6 nitrogen and oxygen atoms in total. The first-order valence-electron chi connectivity index (χ1n) is 21.9. The van der Waals surface area contributed by atoms with Crippen LogP contribution in [0.3, 0.4) is 0 Å². The molecule has 0 radical (unpaired) electrons. The Morgan fingerprint density at radius 1 is 0.385 bits per heavy atom. The minimum Gasteiger partial charge on any atom is -0.438 e. The highest BCUT2D eigenvalue weighted by Crippen LogP contribution is 2.43. The van der Waals surface area contributed by atoms with Crippen LogP contribution in [0.15, 0.2) is 221 Å². The molecule has 0 aliphatic heterocycles. The van der Waals surface area contributed by atoms with E-state index in [2.05, 4.69) is 214 Å². The van der Waals surface area contributed by atoms with Crippen LogP contribution in [-0.4, -0.2) is 14.5 Å². The first kappa shape index (κ1) is 36.9. The number of furan rings is 2. The van der Waals surface area contributed by atoms with Gasteiger partial charge >= 0.3 is 0 Å². The summed E-state index contributed by atoms with van der Waals surface area (Å²) >= 11 is 0. The van der Waals surface area contributed by atoms with Crippen LogP contribution in [0, 0.1) is 6.92 Å². The molecule has 306 valence electrons. The highest BCUT2D eigenvalue weighted by atomic mass is 16.3. The molecule has 13 rings (SSSR count). The molecule has 0 aliphatic rings. The highest BCUT2D eigenvalue weighted by Gasteiger charge is 2.20. The van der Waals surface area contributed by atoms with Crippen LogP contribution in [0.2, 0.25) is 0 Å². The predicted molar refractivity (Wildman–Crippen MR) is 267 cm³/mol. The van der Waals surface area contributed by atoms with Crippen molar-refractivity contribution in [3.8, 4) is 39.1 Å². The number of pyridine rings is 2. The summed E-state index contributed by atoms with van der Waals surface area (Å²) < 4.78 is 15.0. The molecule has 5 aromatic heterocycles. The predicted octanol–water partition coefficient (Wildman–Crippen LogP) is 16.2. The monoisotopic (exact) mass is 834 g/mol. The van der Waals surface area contributed by atoms with Gasteiger partial charge in [0.15, 0.2) is 0 Å². The van der Waals surface area contributed by atoms with E-state index in [4.69, 9.17) is 8.83 Å². The Morgan fingerprint density at radius 3 is 1.51 bits per heavy atom. The van der Waals surface area contributed by atoms with Gasteiger partial charge in [0, 0.05) is 67.5 Å². The number of rotatable bonds is 7. The second-order valence-corrected chi connectivity index (χ2v) is 16.6. The first-order chi connectivity index (χ1) is 32.1. The van der Waals surface area contributed by atoms with Crippen molar-refractivity contribution in [2.75, 3.05) is 4.90 Å². The van der Waals surface area contributed by atoms with Crippen molar-refractivity contribution in [3.63, 3.8) is 0 Å². The lowest BCUT2D eigenvalue weighted by molar-refractivity contribution is 0.654. The van der Waals surface area contributed by atoms with Crippen LogP contribution in [0.5, 0.6) is 0 Å². The summed E-state index contributed by atoms with van der Waals surface area (Å²) in [7, 11) is 0. The van der Waals surface area contributed by atoms with Gasteiger partial charge in [0.1, 0.15) is 11.2 Å². The van der Waals surface area contributed by atoms with Crippen molar-refractivity contribution in [1.29, 1.82) is 0 Å². The first-order valence-corrected chi connectivity index (χ1v) is 21.9. The second kappa shape index (κ2) is 14.7. The van der Waals surface area contributed by atoms with Gasteiger partial charge < -0.3 is 18.3 Å². The van der Waals surface area contributed by atoms with Crippen LogP contribution in [0.4, 0.5) is 17.1 Å². The molecule has 0 N–H and O–H groups in total. The van der Waals surface area contributed by atoms with Gasteiger partial charge in [-0.25, -0.2) is 9.97 Å². The van der Waals surface area contributed by atoms with Gasteiger partial charge in [0.25, 0.3) is 0 Å². The molecule has 13 aromatic rings. The van der Waals surface area contributed by atoms with Gasteiger partial charge in [-0.05, 0) is 167 Å². The van der Waals surface area contributed by atoms with Gasteiger partial charge in [0.2, 0.25) is 11.4 Å². The summed E-state index contributed by atoms with van der Waals surface area (Å²) in [6.07, 6.45) is 3.55. The zero-order valence-corrected chi connectivity index (χ0v) is 35.3.